The highest BCUT2D eigenvalue weighted by Crippen LogP contribution is 2.35. The summed E-state index contributed by atoms with van der Waals surface area (Å²) in [5.74, 6) is 0.910. The van der Waals surface area contributed by atoms with Crippen LogP contribution in [-0.2, 0) is 10.0 Å². The van der Waals surface area contributed by atoms with Gasteiger partial charge in [0.15, 0.2) is 0 Å². The second-order valence-electron chi connectivity index (χ2n) is 7.37. The first kappa shape index (κ1) is 18.1. The molecule has 0 N–H and O–H groups in total. The zero-order chi connectivity index (χ0) is 18.2. The summed E-state index contributed by atoms with van der Waals surface area (Å²) in [6.45, 7) is 6.76. The third-order valence-corrected chi connectivity index (χ3v) is 6.95. The van der Waals surface area contributed by atoms with Crippen molar-refractivity contribution in [1.29, 1.82) is 0 Å². The van der Waals surface area contributed by atoms with Gasteiger partial charge >= 0.3 is 0 Å². The molecule has 2 heterocycles. The molecule has 1 aromatic carbocycles. The summed E-state index contributed by atoms with van der Waals surface area (Å²) in [5.41, 5.74) is 0.394. The largest absolute Gasteiger partial charge is 0.365 e. The van der Waals surface area contributed by atoms with Crippen molar-refractivity contribution in [3.8, 4) is 0 Å². The molecule has 7 nitrogen and oxygen atoms in total. The minimum Gasteiger partial charge on any atom is -0.365 e. The predicted molar refractivity (Wildman–Crippen MR) is 96.2 cm³/mol. The van der Waals surface area contributed by atoms with Gasteiger partial charge in [-0.15, -0.1) is 0 Å². The first-order chi connectivity index (χ1) is 11.8. The van der Waals surface area contributed by atoms with Gasteiger partial charge in [0, 0.05) is 32.2 Å². The monoisotopic (exact) mass is 367 g/mol. The van der Waals surface area contributed by atoms with Crippen molar-refractivity contribution in [3.63, 3.8) is 0 Å². The van der Waals surface area contributed by atoms with E-state index in [2.05, 4.69) is 13.8 Å². The molecular weight excluding hydrogens is 342 g/mol. The van der Waals surface area contributed by atoms with Crippen LogP contribution in [0.25, 0.3) is 0 Å². The van der Waals surface area contributed by atoms with Gasteiger partial charge in [0.1, 0.15) is 5.69 Å². The second-order valence-corrected chi connectivity index (χ2v) is 9.31. The molecule has 2 atom stereocenters. The Labute approximate surface area is 148 Å². The Morgan fingerprint density at radius 2 is 1.72 bits per heavy atom. The maximum atomic E-state index is 12.7. The summed E-state index contributed by atoms with van der Waals surface area (Å²) < 4.78 is 26.8. The third kappa shape index (κ3) is 3.64. The van der Waals surface area contributed by atoms with Gasteiger partial charge in [0.05, 0.1) is 9.82 Å². The Hall–Kier alpha value is -1.67. The molecule has 0 unspecified atom stereocenters. The van der Waals surface area contributed by atoms with E-state index in [4.69, 9.17) is 0 Å². The lowest BCUT2D eigenvalue weighted by atomic mass is 9.91. The lowest BCUT2D eigenvalue weighted by Gasteiger charge is -2.36. The van der Waals surface area contributed by atoms with Crippen molar-refractivity contribution in [1.82, 2.24) is 4.31 Å². The molecule has 138 valence electrons. The van der Waals surface area contributed by atoms with Crippen molar-refractivity contribution in [3.05, 3.63) is 28.3 Å². The molecule has 0 amide bonds. The quantitative estimate of drug-likeness (QED) is 0.603. The van der Waals surface area contributed by atoms with Crippen LogP contribution in [0.5, 0.6) is 0 Å². The molecule has 2 aliphatic rings. The fourth-order valence-corrected chi connectivity index (χ4v) is 5.55. The van der Waals surface area contributed by atoms with Crippen LogP contribution in [0.3, 0.4) is 0 Å². The SMILES string of the molecule is C[C@H]1C[C@H](C)CN(c2ccc(S(=O)(=O)N3CCCC3)cc2[N+](=O)[O-])C1. The summed E-state index contributed by atoms with van der Waals surface area (Å²) in [6, 6.07) is 4.35. The first-order valence-electron chi connectivity index (χ1n) is 8.82. The van der Waals surface area contributed by atoms with E-state index in [0.29, 0.717) is 30.6 Å². The summed E-state index contributed by atoms with van der Waals surface area (Å²) in [5, 5.41) is 11.6. The van der Waals surface area contributed by atoms with Crippen LogP contribution in [0.15, 0.2) is 23.1 Å². The van der Waals surface area contributed by atoms with Gasteiger partial charge in [-0.25, -0.2) is 8.42 Å². The number of sulfonamides is 1. The number of benzene rings is 1. The molecular formula is C17H25N3O4S. The Balaban J connectivity index is 1.97. The van der Waals surface area contributed by atoms with Crippen molar-refractivity contribution in [2.75, 3.05) is 31.1 Å². The van der Waals surface area contributed by atoms with E-state index in [9.17, 15) is 18.5 Å². The summed E-state index contributed by atoms with van der Waals surface area (Å²) in [4.78, 5) is 13.2. The van der Waals surface area contributed by atoms with Crippen molar-refractivity contribution >= 4 is 21.4 Å². The topological polar surface area (TPSA) is 83.8 Å². The highest BCUT2D eigenvalue weighted by molar-refractivity contribution is 7.89. The molecule has 0 saturated carbocycles. The first-order valence-corrected chi connectivity index (χ1v) is 10.3. The van der Waals surface area contributed by atoms with E-state index in [1.807, 2.05) is 4.90 Å². The zero-order valence-corrected chi connectivity index (χ0v) is 15.5. The van der Waals surface area contributed by atoms with E-state index in [-0.39, 0.29) is 10.6 Å². The summed E-state index contributed by atoms with van der Waals surface area (Å²) >= 11 is 0. The standard InChI is InChI=1S/C17H25N3O4S/c1-13-9-14(2)12-18(11-13)16-6-5-15(10-17(16)20(21)22)25(23,24)19-7-3-4-8-19/h5-6,10,13-14H,3-4,7-9,11-12H2,1-2H3/t13-,14-/m0/s1. The minimum atomic E-state index is -3.65. The van der Waals surface area contributed by atoms with Crippen LogP contribution < -0.4 is 4.90 Å². The number of rotatable bonds is 4. The molecule has 1 aromatic rings. The van der Waals surface area contributed by atoms with Crippen LogP contribution in [-0.4, -0.2) is 43.8 Å². The van der Waals surface area contributed by atoms with Gasteiger partial charge in [-0.1, -0.05) is 13.8 Å². The van der Waals surface area contributed by atoms with Gasteiger partial charge < -0.3 is 4.90 Å². The maximum Gasteiger partial charge on any atom is 0.293 e. The molecule has 2 fully saturated rings. The van der Waals surface area contributed by atoms with Crippen LogP contribution >= 0.6 is 0 Å². The number of hydrogen-bond acceptors (Lipinski definition) is 5. The molecule has 2 saturated heterocycles. The molecule has 0 aromatic heterocycles. The number of nitro groups is 1. The molecule has 2 aliphatic heterocycles. The third-order valence-electron chi connectivity index (χ3n) is 5.06. The second kappa shape index (κ2) is 6.92. The van der Waals surface area contributed by atoms with E-state index in [1.54, 1.807) is 6.07 Å². The van der Waals surface area contributed by atoms with Crippen molar-refractivity contribution < 1.29 is 13.3 Å². The van der Waals surface area contributed by atoms with Gasteiger partial charge in [-0.3, -0.25) is 10.1 Å². The van der Waals surface area contributed by atoms with Gasteiger partial charge in [0.25, 0.3) is 5.69 Å². The fourth-order valence-electron chi connectivity index (χ4n) is 4.01. The molecule has 0 radical (unpaired) electrons. The molecule has 0 aliphatic carbocycles. The number of nitrogens with zero attached hydrogens (tertiary/aromatic N) is 3. The summed E-state index contributed by atoms with van der Waals surface area (Å²) in [7, 11) is -3.65. The smallest absolute Gasteiger partial charge is 0.293 e. The Morgan fingerprint density at radius 1 is 1.12 bits per heavy atom. The minimum absolute atomic E-state index is 0.0166. The average Bonchev–Trinajstić information content (AvgIpc) is 3.08. The Bertz CT molecular complexity index is 749. The number of anilines is 1. The van der Waals surface area contributed by atoms with Crippen LogP contribution in [0.1, 0.15) is 33.1 Å². The van der Waals surface area contributed by atoms with E-state index < -0.39 is 14.9 Å². The molecule has 0 spiro atoms. The highest BCUT2D eigenvalue weighted by Gasteiger charge is 2.32. The normalized spacial score (nSPS) is 25.3. The molecule has 8 heteroatoms. The average molecular weight is 367 g/mol. The Kier molecular flexibility index (Phi) is 5.02. The lowest BCUT2D eigenvalue weighted by molar-refractivity contribution is -0.384. The molecule has 3 rings (SSSR count). The van der Waals surface area contributed by atoms with E-state index >= 15 is 0 Å². The number of piperidine rings is 1. The lowest BCUT2D eigenvalue weighted by Crippen LogP contribution is -2.39. The van der Waals surface area contributed by atoms with Crippen LogP contribution in [0, 0.1) is 22.0 Å². The molecule has 25 heavy (non-hydrogen) atoms. The van der Waals surface area contributed by atoms with E-state index in [0.717, 1.165) is 32.4 Å². The zero-order valence-electron chi connectivity index (χ0n) is 14.7. The van der Waals surface area contributed by atoms with Gasteiger partial charge in [-0.05, 0) is 43.2 Å². The number of nitro benzene ring substituents is 1. The maximum absolute atomic E-state index is 12.7. The van der Waals surface area contributed by atoms with Gasteiger partial charge in [0.2, 0.25) is 10.0 Å². The van der Waals surface area contributed by atoms with Crippen LogP contribution in [0.4, 0.5) is 11.4 Å². The Morgan fingerprint density at radius 3 is 2.28 bits per heavy atom. The predicted octanol–water partition coefficient (Wildman–Crippen LogP) is 2.86. The van der Waals surface area contributed by atoms with Crippen LogP contribution in [0.2, 0.25) is 0 Å². The highest BCUT2D eigenvalue weighted by atomic mass is 32.2. The molecule has 0 bridgehead atoms. The van der Waals surface area contributed by atoms with Gasteiger partial charge in [-0.2, -0.15) is 4.31 Å². The fraction of sp³-hybridized carbons (Fsp3) is 0.647. The summed E-state index contributed by atoms with van der Waals surface area (Å²) in [6.07, 6.45) is 2.78. The van der Waals surface area contributed by atoms with Crippen molar-refractivity contribution in [2.24, 2.45) is 11.8 Å². The number of hydrogen-bond donors (Lipinski definition) is 0. The van der Waals surface area contributed by atoms with Crippen molar-refractivity contribution in [2.45, 2.75) is 38.0 Å². The van der Waals surface area contributed by atoms with E-state index in [1.165, 1.54) is 16.4 Å².